The maximum absolute atomic E-state index is 12.5. The van der Waals surface area contributed by atoms with Crippen molar-refractivity contribution in [3.8, 4) is 11.5 Å². The Morgan fingerprint density at radius 3 is 2.47 bits per heavy atom. The van der Waals surface area contributed by atoms with Crippen LogP contribution in [0.2, 0.25) is 0 Å². The van der Waals surface area contributed by atoms with Crippen molar-refractivity contribution < 1.29 is 49.6 Å². The van der Waals surface area contributed by atoms with Crippen LogP contribution >= 0.6 is 0 Å². The van der Waals surface area contributed by atoms with E-state index in [2.05, 4.69) is 0 Å². The summed E-state index contributed by atoms with van der Waals surface area (Å²) in [7, 11) is 0. The van der Waals surface area contributed by atoms with Gasteiger partial charge in [-0.3, -0.25) is 4.79 Å². The number of phenolic OH excluding ortho intramolecular Hbond substituents is 1. The van der Waals surface area contributed by atoms with Crippen LogP contribution in [0.15, 0.2) is 33.0 Å². The molecule has 3 rings (SSSR count). The summed E-state index contributed by atoms with van der Waals surface area (Å²) in [4.78, 5) is 12.5. The summed E-state index contributed by atoms with van der Waals surface area (Å²) in [5.41, 5.74) is -0.0289. The lowest BCUT2D eigenvalue weighted by atomic mass is 9.99. The van der Waals surface area contributed by atoms with Gasteiger partial charge >= 0.3 is 0 Å². The number of rotatable bonds is 7. The summed E-state index contributed by atoms with van der Waals surface area (Å²) in [5, 5.41) is 68.8. The van der Waals surface area contributed by atoms with Crippen LogP contribution in [0.1, 0.15) is 18.2 Å². The first-order valence-electron chi connectivity index (χ1n) is 9.87. The molecule has 176 valence electrons. The van der Waals surface area contributed by atoms with Crippen molar-refractivity contribution in [3.63, 3.8) is 0 Å². The fourth-order valence-electron chi connectivity index (χ4n) is 3.38. The zero-order chi connectivity index (χ0) is 23.6. The molecule has 0 aliphatic carbocycles. The first kappa shape index (κ1) is 24.1. The molecular formula is C21H26O11. The van der Waals surface area contributed by atoms with Crippen molar-refractivity contribution >= 4 is 11.0 Å². The molecule has 11 heteroatoms. The first-order chi connectivity index (χ1) is 15.2. The number of aliphatic hydroxyl groups excluding tert-OH is 6. The Hall–Kier alpha value is -2.51. The molecular weight excluding hydrogens is 428 g/mol. The Balaban J connectivity index is 2.11. The summed E-state index contributed by atoms with van der Waals surface area (Å²) in [6.07, 6.45) is -6.13. The number of phenols is 1. The molecule has 1 aromatic heterocycles. The first-order valence-corrected chi connectivity index (χ1v) is 9.87. The number of hydrogen-bond acceptors (Lipinski definition) is 11. The zero-order valence-electron chi connectivity index (χ0n) is 17.2. The van der Waals surface area contributed by atoms with Gasteiger partial charge in [0, 0.05) is 17.7 Å². The highest BCUT2D eigenvalue weighted by molar-refractivity contribution is 5.87. The van der Waals surface area contributed by atoms with Crippen LogP contribution in [0.25, 0.3) is 11.0 Å². The highest BCUT2D eigenvalue weighted by Crippen LogP contribution is 2.37. The van der Waals surface area contributed by atoms with Gasteiger partial charge in [0.15, 0.2) is 5.43 Å². The van der Waals surface area contributed by atoms with E-state index >= 15 is 0 Å². The molecule has 2 aromatic rings. The molecule has 11 nitrogen and oxygen atoms in total. The molecule has 0 unspecified atom stereocenters. The lowest BCUT2D eigenvalue weighted by Gasteiger charge is -2.39. The van der Waals surface area contributed by atoms with Crippen molar-refractivity contribution in [1.82, 2.24) is 0 Å². The van der Waals surface area contributed by atoms with Gasteiger partial charge < -0.3 is 49.6 Å². The van der Waals surface area contributed by atoms with Gasteiger partial charge in [0.1, 0.15) is 59.3 Å². The van der Waals surface area contributed by atoms with Crippen molar-refractivity contribution in [2.75, 3.05) is 13.2 Å². The van der Waals surface area contributed by atoms with Gasteiger partial charge in [0.2, 0.25) is 6.29 Å². The molecule has 1 aliphatic heterocycles. The largest absolute Gasteiger partial charge is 0.507 e. The van der Waals surface area contributed by atoms with E-state index in [4.69, 9.17) is 13.9 Å². The van der Waals surface area contributed by atoms with Crippen LogP contribution in [0.3, 0.4) is 0 Å². The fraction of sp³-hybridized carbons (Fsp3) is 0.476. The van der Waals surface area contributed by atoms with Crippen molar-refractivity contribution in [1.29, 1.82) is 0 Å². The van der Waals surface area contributed by atoms with Crippen molar-refractivity contribution in [3.05, 3.63) is 45.3 Å². The summed E-state index contributed by atoms with van der Waals surface area (Å²) >= 11 is 0. The Morgan fingerprint density at radius 1 is 1.12 bits per heavy atom. The number of aliphatic hydroxyl groups is 6. The molecule has 0 saturated carbocycles. The second-order valence-electron chi connectivity index (χ2n) is 7.54. The van der Waals surface area contributed by atoms with E-state index in [0.717, 1.165) is 6.07 Å². The Labute approximate surface area is 182 Å². The van der Waals surface area contributed by atoms with Crippen LogP contribution in [0.4, 0.5) is 0 Å². The number of allylic oxidation sites excluding steroid dienone is 1. The Kier molecular flexibility index (Phi) is 7.51. The molecule has 0 radical (unpaired) electrons. The molecule has 0 amide bonds. The van der Waals surface area contributed by atoms with Gasteiger partial charge in [-0.1, -0.05) is 11.6 Å². The monoisotopic (exact) mass is 454 g/mol. The summed E-state index contributed by atoms with van der Waals surface area (Å²) in [6.45, 7) is 0.195. The van der Waals surface area contributed by atoms with Crippen molar-refractivity contribution in [2.45, 2.75) is 50.7 Å². The minimum Gasteiger partial charge on any atom is -0.507 e. The van der Waals surface area contributed by atoms with E-state index in [9.17, 15) is 40.5 Å². The molecule has 7 N–H and O–H groups in total. The highest BCUT2D eigenvalue weighted by Gasteiger charge is 2.45. The van der Waals surface area contributed by atoms with Crippen LogP contribution < -0.4 is 10.2 Å². The molecule has 32 heavy (non-hydrogen) atoms. The number of fused-ring (bicyclic) bond motifs is 1. The summed E-state index contributed by atoms with van der Waals surface area (Å²) in [6, 6.07) is 2.30. The van der Waals surface area contributed by atoms with Gasteiger partial charge in [0.05, 0.1) is 13.2 Å². The molecule has 1 fully saturated rings. The number of ether oxygens (including phenoxy) is 2. The highest BCUT2D eigenvalue weighted by atomic mass is 16.7. The van der Waals surface area contributed by atoms with Gasteiger partial charge in [-0.2, -0.15) is 0 Å². The average Bonchev–Trinajstić information content (AvgIpc) is 2.78. The second kappa shape index (κ2) is 9.96. The predicted molar refractivity (Wildman–Crippen MR) is 109 cm³/mol. The molecule has 0 spiro atoms. The Morgan fingerprint density at radius 2 is 1.84 bits per heavy atom. The molecule has 1 aromatic carbocycles. The summed E-state index contributed by atoms with van der Waals surface area (Å²) < 4.78 is 16.5. The third-order valence-corrected chi connectivity index (χ3v) is 5.26. The smallest absolute Gasteiger partial charge is 0.229 e. The zero-order valence-corrected chi connectivity index (χ0v) is 17.2. The normalized spacial score (nSPS) is 26.5. The van der Waals surface area contributed by atoms with Crippen molar-refractivity contribution in [2.24, 2.45) is 0 Å². The SMILES string of the molecule is C/C(=C/Cc1c(O[C@@H]2O[C@H](CO)[C@@H](O)[C@H](O)[C@H]2O)cc2oc(CO)cc(=O)c2c1O)CO. The van der Waals surface area contributed by atoms with Crippen LogP contribution in [-0.4, -0.2) is 79.7 Å². The molecule has 0 bridgehead atoms. The van der Waals surface area contributed by atoms with E-state index in [1.807, 2.05) is 0 Å². The predicted octanol–water partition coefficient (Wildman–Crippen LogP) is -1.35. The number of hydrogen-bond donors (Lipinski definition) is 7. The lowest BCUT2D eigenvalue weighted by Crippen LogP contribution is -2.60. The van der Waals surface area contributed by atoms with E-state index in [1.165, 1.54) is 6.07 Å². The van der Waals surface area contributed by atoms with Gasteiger partial charge in [-0.15, -0.1) is 0 Å². The quantitative estimate of drug-likeness (QED) is 0.245. The maximum Gasteiger partial charge on any atom is 0.229 e. The topological polar surface area (TPSA) is 190 Å². The van der Waals surface area contributed by atoms with Crippen LogP contribution in [-0.2, 0) is 17.8 Å². The molecule has 5 atom stereocenters. The third-order valence-electron chi connectivity index (χ3n) is 5.26. The van der Waals surface area contributed by atoms with Gasteiger partial charge in [-0.05, 0) is 13.3 Å². The van der Waals surface area contributed by atoms with Gasteiger partial charge in [-0.25, -0.2) is 0 Å². The minimum absolute atomic E-state index is 0.0160. The Bertz CT molecular complexity index is 1040. The lowest BCUT2D eigenvalue weighted by molar-refractivity contribution is -0.277. The standard InChI is InChI=1S/C21H26O11/c1-9(6-22)2-3-11-13(31-21-20(29)19(28)18(27)15(8-24)32-21)5-14-16(17(11)26)12(25)4-10(7-23)30-14/h2,4-5,15,18-24,26-29H,3,6-8H2,1H3/b9-2-/t15-,18-,19+,20-,21-/m1/s1. The molecule has 1 aliphatic rings. The molecule has 1 saturated heterocycles. The maximum atomic E-state index is 12.5. The van der Waals surface area contributed by atoms with E-state index < -0.39 is 55.1 Å². The van der Waals surface area contributed by atoms with Gasteiger partial charge in [0.25, 0.3) is 0 Å². The van der Waals surface area contributed by atoms with E-state index in [-0.39, 0.29) is 41.1 Å². The molecule has 2 heterocycles. The van der Waals surface area contributed by atoms with E-state index in [1.54, 1.807) is 13.0 Å². The van der Waals surface area contributed by atoms with Crippen LogP contribution in [0, 0.1) is 0 Å². The average molecular weight is 454 g/mol. The summed E-state index contributed by atoms with van der Waals surface area (Å²) in [5.74, 6) is -0.605. The van der Waals surface area contributed by atoms with Crippen LogP contribution in [0.5, 0.6) is 11.5 Å². The number of aromatic hydroxyl groups is 1. The third kappa shape index (κ3) is 4.64. The minimum atomic E-state index is -1.70. The second-order valence-corrected chi connectivity index (χ2v) is 7.54. The van der Waals surface area contributed by atoms with E-state index in [0.29, 0.717) is 5.57 Å². The fourth-order valence-corrected chi connectivity index (χ4v) is 3.38. The number of benzene rings is 1.